The summed E-state index contributed by atoms with van der Waals surface area (Å²) in [5.74, 6) is -1.12. The Morgan fingerprint density at radius 1 is 1.35 bits per heavy atom. The van der Waals surface area contributed by atoms with Crippen molar-refractivity contribution in [3.8, 4) is 0 Å². The Morgan fingerprint density at radius 3 is 2.47 bits per heavy atom. The predicted octanol–water partition coefficient (Wildman–Crippen LogP) is 0.671. The van der Waals surface area contributed by atoms with Gasteiger partial charge in [-0.05, 0) is 13.1 Å². The molecule has 17 heavy (non-hydrogen) atoms. The minimum atomic E-state index is -1.12. The Kier molecular flexibility index (Phi) is 4.89. The van der Waals surface area contributed by atoms with Crippen molar-refractivity contribution in [3.05, 3.63) is 31.8 Å². The molecule has 1 aromatic heterocycles. The summed E-state index contributed by atoms with van der Waals surface area (Å²) < 4.78 is 14.0. The lowest BCUT2D eigenvalue weighted by Crippen LogP contribution is -2.40. The highest BCUT2D eigenvalue weighted by Crippen LogP contribution is 2.02. The van der Waals surface area contributed by atoms with E-state index in [1.807, 2.05) is 18.7 Å². The lowest BCUT2D eigenvalue weighted by Gasteiger charge is -2.17. The van der Waals surface area contributed by atoms with Crippen molar-refractivity contribution < 1.29 is 4.39 Å². The van der Waals surface area contributed by atoms with Crippen molar-refractivity contribution in [3.63, 3.8) is 0 Å². The van der Waals surface area contributed by atoms with Crippen LogP contribution in [0.5, 0.6) is 0 Å². The second-order valence-electron chi connectivity index (χ2n) is 3.54. The molecule has 5 nitrogen and oxygen atoms in total. The molecule has 0 bridgehead atoms. The molecule has 0 radical (unpaired) electrons. The largest absolute Gasteiger partial charge is 0.329 e. The first-order valence-electron chi connectivity index (χ1n) is 5.41. The first-order valence-corrected chi connectivity index (χ1v) is 5.79. The maximum Gasteiger partial charge on any atom is 0.329 e. The van der Waals surface area contributed by atoms with E-state index in [0.29, 0.717) is 6.54 Å². The topological polar surface area (TPSA) is 58.1 Å². The fraction of sp³-hybridized carbons (Fsp3) is 0.600. The fourth-order valence-corrected chi connectivity index (χ4v) is 1.67. The molecular formula is C10H15ClFN3O2. The standard InChI is InChI=1S/C10H15ClFN3O2/c1-3-14(4-2)5-6-15-9(16)7(12)8(11)13-10(15)17/h3-6H2,1-2H3,(H,13,17). The Morgan fingerprint density at radius 2 is 1.94 bits per heavy atom. The van der Waals surface area contributed by atoms with E-state index in [0.717, 1.165) is 17.7 Å². The zero-order chi connectivity index (χ0) is 13.0. The summed E-state index contributed by atoms with van der Waals surface area (Å²) >= 11 is 5.35. The monoisotopic (exact) mass is 263 g/mol. The van der Waals surface area contributed by atoms with Gasteiger partial charge in [-0.3, -0.25) is 14.3 Å². The molecule has 7 heteroatoms. The molecule has 0 aliphatic rings. The maximum atomic E-state index is 13.2. The molecule has 96 valence electrons. The second kappa shape index (κ2) is 5.97. The van der Waals surface area contributed by atoms with Gasteiger partial charge in [-0.2, -0.15) is 4.39 Å². The van der Waals surface area contributed by atoms with Crippen LogP contribution >= 0.6 is 11.6 Å². The minimum absolute atomic E-state index is 0.143. The third-order valence-electron chi connectivity index (χ3n) is 2.62. The molecule has 0 amide bonds. The van der Waals surface area contributed by atoms with Crippen LogP contribution in [-0.4, -0.2) is 34.1 Å². The van der Waals surface area contributed by atoms with Gasteiger partial charge in [0.2, 0.25) is 5.82 Å². The summed E-state index contributed by atoms with van der Waals surface area (Å²) in [5, 5.41) is -0.543. The Hall–Kier alpha value is -1.14. The van der Waals surface area contributed by atoms with Gasteiger partial charge in [0.1, 0.15) is 0 Å². The summed E-state index contributed by atoms with van der Waals surface area (Å²) in [5.41, 5.74) is -1.67. The number of nitrogens with zero attached hydrogens (tertiary/aromatic N) is 2. The molecular weight excluding hydrogens is 249 g/mol. The van der Waals surface area contributed by atoms with Crippen LogP contribution in [0.15, 0.2) is 9.59 Å². The number of nitrogens with one attached hydrogen (secondary N) is 1. The van der Waals surface area contributed by atoms with E-state index < -0.39 is 22.2 Å². The van der Waals surface area contributed by atoms with Gasteiger partial charge in [0, 0.05) is 13.1 Å². The van der Waals surface area contributed by atoms with E-state index >= 15 is 0 Å². The van der Waals surface area contributed by atoms with Gasteiger partial charge in [-0.25, -0.2) is 4.79 Å². The van der Waals surface area contributed by atoms with Gasteiger partial charge in [-0.15, -0.1) is 0 Å². The van der Waals surface area contributed by atoms with Crippen LogP contribution in [0.2, 0.25) is 5.15 Å². The highest BCUT2D eigenvalue weighted by molar-refractivity contribution is 6.29. The zero-order valence-electron chi connectivity index (χ0n) is 9.80. The summed E-state index contributed by atoms with van der Waals surface area (Å²) in [6.07, 6.45) is 0. The highest BCUT2D eigenvalue weighted by atomic mass is 35.5. The molecule has 0 saturated heterocycles. The van der Waals surface area contributed by atoms with Crippen LogP contribution in [-0.2, 0) is 6.54 Å². The maximum absolute atomic E-state index is 13.2. The van der Waals surface area contributed by atoms with E-state index in [1.165, 1.54) is 0 Å². The lowest BCUT2D eigenvalue weighted by molar-refractivity contribution is 0.285. The number of halogens is 2. The van der Waals surface area contributed by atoms with Gasteiger partial charge in [0.25, 0.3) is 5.56 Å². The van der Waals surface area contributed by atoms with Gasteiger partial charge < -0.3 is 4.90 Å². The molecule has 0 fully saturated rings. The quantitative estimate of drug-likeness (QED) is 0.795. The van der Waals surface area contributed by atoms with Crippen molar-refractivity contribution in [2.75, 3.05) is 19.6 Å². The summed E-state index contributed by atoms with van der Waals surface area (Å²) in [7, 11) is 0. The SMILES string of the molecule is CCN(CC)CCn1c(=O)[nH]c(Cl)c(F)c1=O. The first kappa shape index (κ1) is 13.9. The highest BCUT2D eigenvalue weighted by Gasteiger charge is 2.12. The molecule has 0 saturated carbocycles. The Bertz CT molecular complexity index is 493. The van der Waals surface area contributed by atoms with Crippen molar-refractivity contribution in [1.29, 1.82) is 0 Å². The number of H-pyrrole nitrogens is 1. The molecule has 1 rings (SSSR count). The molecule has 0 aliphatic heterocycles. The first-order chi connectivity index (χ1) is 8.01. The van der Waals surface area contributed by atoms with E-state index in [-0.39, 0.29) is 6.54 Å². The van der Waals surface area contributed by atoms with Gasteiger partial charge >= 0.3 is 5.69 Å². The molecule has 0 unspecified atom stereocenters. The zero-order valence-corrected chi connectivity index (χ0v) is 10.6. The molecule has 1 aromatic rings. The van der Waals surface area contributed by atoms with E-state index in [1.54, 1.807) is 0 Å². The third-order valence-corrected chi connectivity index (χ3v) is 2.88. The summed E-state index contributed by atoms with van der Waals surface area (Å²) in [6, 6.07) is 0. The normalized spacial score (nSPS) is 11.1. The van der Waals surface area contributed by atoms with E-state index in [9.17, 15) is 14.0 Å². The minimum Gasteiger partial charge on any atom is -0.302 e. The summed E-state index contributed by atoms with van der Waals surface area (Å²) in [6.45, 7) is 6.21. The third kappa shape index (κ3) is 3.17. The van der Waals surface area contributed by atoms with Gasteiger partial charge in [0.05, 0.1) is 0 Å². The van der Waals surface area contributed by atoms with Crippen LogP contribution in [0.25, 0.3) is 0 Å². The number of likely N-dealkylation sites (N-methyl/N-ethyl adjacent to an activating group) is 1. The Balaban J connectivity index is 2.96. The van der Waals surface area contributed by atoms with Crippen molar-refractivity contribution in [1.82, 2.24) is 14.5 Å². The molecule has 0 atom stereocenters. The molecule has 0 aromatic carbocycles. The number of aromatic nitrogens is 2. The van der Waals surface area contributed by atoms with Crippen molar-refractivity contribution >= 4 is 11.6 Å². The Labute approximate surface area is 103 Å². The number of aromatic amines is 1. The van der Waals surface area contributed by atoms with Gasteiger partial charge in [0.15, 0.2) is 5.15 Å². The van der Waals surface area contributed by atoms with Crippen LogP contribution in [0, 0.1) is 5.82 Å². The second-order valence-corrected chi connectivity index (χ2v) is 3.92. The lowest BCUT2D eigenvalue weighted by atomic mass is 10.4. The van der Waals surface area contributed by atoms with Crippen molar-refractivity contribution in [2.45, 2.75) is 20.4 Å². The average molecular weight is 264 g/mol. The van der Waals surface area contributed by atoms with Gasteiger partial charge in [-0.1, -0.05) is 25.4 Å². The molecule has 1 N–H and O–H groups in total. The van der Waals surface area contributed by atoms with Crippen molar-refractivity contribution in [2.24, 2.45) is 0 Å². The molecule has 1 heterocycles. The number of hydrogen-bond donors (Lipinski definition) is 1. The number of rotatable bonds is 5. The average Bonchev–Trinajstić information content (AvgIpc) is 2.31. The van der Waals surface area contributed by atoms with E-state index in [2.05, 4.69) is 4.98 Å². The van der Waals surface area contributed by atoms with Crippen LogP contribution < -0.4 is 11.2 Å². The number of hydrogen-bond acceptors (Lipinski definition) is 3. The fourth-order valence-electron chi connectivity index (χ4n) is 1.51. The van der Waals surface area contributed by atoms with E-state index in [4.69, 9.17) is 11.6 Å². The smallest absolute Gasteiger partial charge is 0.302 e. The van der Waals surface area contributed by atoms with Crippen LogP contribution in [0.4, 0.5) is 4.39 Å². The predicted molar refractivity (Wildman–Crippen MR) is 64.1 cm³/mol. The molecule has 0 aliphatic carbocycles. The molecule has 0 spiro atoms. The summed E-state index contributed by atoms with van der Waals surface area (Å²) in [4.78, 5) is 27.0. The van der Waals surface area contributed by atoms with Crippen LogP contribution in [0.1, 0.15) is 13.8 Å². The van der Waals surface area contributed by atoms with Crippen LogP contribution in [0.3, 0.4) is 0 Å².